The zero-order valence-electron chi connectivity index (χ0n) is 12.3. The van der Waals surface area contributed by atoms with Gasteiger partial charge >= 0.3 is 6.03 Å². The van der Waals surface area contributed by atoms with E-state index in [1.54, 1.807) is 6.20 Å². The summed E-state index contributed by atoms with van der Waals surface area (Å²) < 4.78 is 0.979. The molecule has 2 N–H and O–H groups in total. The molecule has 0 heterocycles. The lowest BCUT2D eigenvalue weighted by atomic mass is 10.1. The third-order valence-electron chi connectivity index (χ3n) is 3.42. The molecule has 0 spiro atoms. The monoisotopic (exact) mass is 366 g/mol. The van der Waals surface area contributed by atoms with E-state index in [1.807, 2.05) is 72.8 Å². The Hall–Kier alpha value is -2.59. The van der Waals surface area contributed by atoms with Crippen molar-refractivity contribution in [3.8, 4) is 0 Å². The van der Waals surface area contributed by atoms with E-state index < -0.39 is 0 Å². The molecule has 3 rings (SSSR count). The predicted octanol–water partition coefficient (Wildman–Crippen LogP) is 5.39. The molecule has 0 aliphatic heterocycles. The molecule has 0 aliphatic carbocycles. The van der Waals surface area contributed by atoms with Gasteiger partial charge in [0.05, 0.1) is 5.69 Å². The number of benzene rings is 3. The molecular weight excluding hydrogens is 352 g/mol. The van der Waals surface area contributed by atoms with Crippen LogP contribution in [0.25, 0.3) is 16.8 Å². The van der Waals surface area contributed by atoms with Crippen LogP contribution in [-0.2, 0) is 0 Å². The van der Waals surface area contributed by atoms with Crippen molar-refractivity contribution in [3.05, 3.63) is 83.0 Å². The summed E-state index contributed by atoms with van der Waals surface area (Å²) in [5.74, 6) is 0. The normalized spacial score (nSPS) is 10.8. The quantitative estimate of drug-likeness (QED) is 0.640. The van der Waals surface area contributed by atoms with Crippen LogP contribution < -0.4 is 10.6 Å². The number of anilines is 1. The maximum absolute atomic E-state index is 12.0. The zero-order valence-corrected chi connectivity index (χ0v) is 13.9. The van der Waals surface area contributed by atoms with E-state index in [9.17, 15) is 4.79 Å². The molecule has 0 unspecified atom stereocenters. The van der Waals surface area contributed by atoms with Crippen molar-refractivity contribution in [2.24, 2.45) is 0 Å². The van der Waals surface area contributed by atoms with Crippen LogP contribution in [0.5, 0.6) is 0 Å². The minimum atomic E-state index is -0.273. The Labute approximate surface area is 143 Å². The van der Waals surface area contributed by atoms with Crippen LogP contribution in [0.3, 0.4) is 0 Å². The van der Waals surface area contributed by atoms with Gasteiger partial charge in [0, 0.05) is 16.1 Å². The molecule has 0 saturated carbocycles. The van der Waals surface area contributed by atoms with Crippen molar-refractivity contribution >= 4 is 44.5 Å². The summed E-state index contributed by atoms with van der Waals surface area (Å²) in [6, 6.07) is 21.3. The minimum Gasteiger partial charge on any atom is -0.314 e. The SMILES string of the molecule is O=C(N/C=C/c1ccccc1Br)Nc1cccc2ccccc12. The van der Waals surface area contributed by atoms with Gasteiger partial charge in [-0.2, -0.15) is 0 Å². The van der Waals surface area contributed by atoms with E-state index in [2.05, 4.69) is 26.6 Å². The van der Waals surface area contributed by atoms with Crippen LogP contribution in [0.4, 0.5) is 10.5 Å². The van der Waals surface area contributed by atoms with E-state index in [0.29, 0.717) is 0 Å². The highest BCUT2D eigenvalue weighted by Crippen LogP contribution is 2.22. The second kappa shape index (κ2) is 7.11. The largest absolute Gasteiger partial charge is 0.323 e. The standard InChI is InChI=1S/C19H15BrN2O/c20-17-10-4-2-7-15(17)12-13-21-19(23)22-18-11-5-8-14-6-1-3-9-16(14)18/h1-13H,(H2,21,22,23)/b13-12+. The molecule has 23 heavy (non-hydrogen) atoms. The molecule has 3 aromatic rings. The summed E-state index contributed by atoms with van der Waals surface area (Å²) >= 11 is 3.46. The number of hydrogen-bond donors (Lipinski definition) is 2. The zero-order chi connectivity index (χ0) is 16.1. The van der Waals surface area contributed by atoms with E-state index in [1.165, 1.54) is 0 Å². The maximum atomic E-state index is 12.0. The fourth-order valence-electron chi connectivity index (χ4n) is 2.31. The van der Waals surface area contributed by atoms with E-state index in [-0.39, 0.29) is 6.03 Å². The molecule has 0 aliphatic rings. The van der Waals surface area contributed by atoms with Gasteiger partial charge in [-0.1, -0.05) is 70.5 Å². The third kappa shape index (κ3) is 3.79. The lowest BCUT2D eigenvalue weighted by molar-refractivity contribution is 0.255. The first-order chi connectivity index (χ1) is 11.2. The number of carbonyl (C=O) groups excluding carboxylic acids is 1. The van der Waals surface area contributed by atoms with Gasteiger partial charge in [-0.3, -0.25) is 0 Å². The number of urea groups is 1. The second-order valence-electron chi connectivity index (χ2n) is 4.98. The molecule has 114 valence electrons. The van der Waals surface area contributed by atoms with Gasteiger partial charge in [0.2, 0.25) is 0 Å². The summed E-state index contributed by atoms with van der Waals surface area (Å²) in [6.45, 7) is 0. The first kappa shape index (κ1) is 15.3. The Morgan fingerprint density at radius 2 is 1.65 bits per heavy atom. The van der Waals surface area contributed by atoms with Crippen LogP contribution in [0.2, 0.25) is 0 Å². The lowest BCUT2D eigenvalue weighted by Gasteiger charge is -2.08. The van der Waals surface area contributed by atoms with Crippen molar-refractivity contribution in [1.29, 1.82) is 0 Å². The molecule has 0 bridgehead atoms. The number of rotatable bonds is 3. The minimum absolute atomic E-state index is 0.273. The molecule has 2 amide bonds. The van der Waals surface area contributed by atoms with Crippen molar-refractivity contribution in [2.75, 3.05) is 5.32 Å². The van der Waals surface area contributed by atoms with Gasteiger partial charge in [-0.15, -0.1) is 0 Å². The smallest absolute Gasteiger partial charge is 0.314 e. The summed E-state index contributed by atoms with van der Waals surface area (Å²) in [4.78, 5) is 12.0. The first-order valence-electron chi connectivity index (χ1n) is 7.20. The van der Waals surface area contributed by atoms with Crippen molar-refractivity contribution in [2.45, 2.75) is 0 Å². The van der Waals surface area contributed by atoms with Crippen molar-refractivity contribution in [3.63, 3.8) is 0 Å². The number of nitrogens with one attached hydrogen (secondary N) is 2. The molecule has 0 aromatic heterocycles. The molecule has 3 nitrogen and oxygen atoms in total. The fraction of sp³-hybridized carbons (Fsp3) is 0. The molecule has 0 radical (unpaired) electrons. The Morgan fingerprint density at radius 1 is 0.913 bits per heavy atom. The van der Waals surface area contributed by atoms with Gasteiger partial charge in [0.15, 0.2) is 0 Å². The van der Waals surface area contributed by atoms with E-state index >= 15 is 0 Å². The number of halogens is 1. The summed E-state index contributed by atoms with van der Waals surface area (Å²) in [5, 5.41) is 7.70. The van der Waals surface area contributed by atoms with Crippen molar-refractivity contribution < 1.29 is 4.79 Å². The van der Waals surface area contributed by atoms with Crippen LogP contribution >= 0.6 is 15.9 Å². The lowest BCUT2D eigenvalue weighted by Crippen LogP contribution is -2.23. The maximum Gasteiger partial charge on any atom is 0.323 e. The van der Waals surface area contributed by atoms with Crippen molar-refractivity contribution in [1.82, 2.24) is 5.32 Å². The molecule has 3 aromatic carbocycles. The summed E-state index contributed by atoms with van der Waals surface area (Å²) in [7, 11) is 0. The van der Waals surface area contributed by atoms with Crippen LogP contribution in [-0.4, -0.2) is 6.03 Å². The van der Waals surface area contributed by atoms with Gasteiger partial charge < -0.3 is 10.6 Å². The summed E-state index contributed by atoms with van der Waals surface area (Å²) in [6.07, 6.45) is 3.47. The van der Waals surface area contributed by atoms with Crippen LogP contribution in [0.1, 0.15) is 5.56 Å². The average molecular weight is 367 g/mol. The highest BCUT2D eigenvalue weighted by molar-refractivity contribution is 9.10. The third-order valence-corrected chi connectivity index (χ3v) is 4.14. The van der Waals surface area contributed by atoms with E-state index in [4.69, 9.17) is 0 Å². The molecular formula is C19H15BrN2O. The highest BCUT2D eigenvalue weighted by Gasteiger charge is 2.03. The number of amides is 2. The molecule has 0 atom stereocenters. The predicted molar refractivity (Wildman–Crippen MR) is 99.3 cm³/mol. The number of fused-ring (bicyclic) bond motifs is 1. The van der Waals surface area contributed by atoms with Crippen LogP contribution in [0.15, 0.2) is 77.4 Å². The second-order valence-corrected chi connectivity index (χ2v) is 5.83. The summed E-state index contributed by atoms with van der Waals surface area (Å²) in [5.41, 5.74) is 1.79. The first-order valence-corrected chi connectivity index (χ1v) is 8.00. The fourth-order valence-corrected chi connectivity index (χ4v) is 2.73. The van der Waals surface area contributed by atoms with Gasteiger partial charge in [0.1, 0.15) is 0 Å². The van der Waals surface area contributed by atoms with Gasteiger partial charge in [-0.05, 0) is 29.2 Å². The number of hydrogen-bond acceptors (Lipinski definition) is 1. The Balaban J connectivity index is 1.69. The highest BCUT2D eigenvalue weighted by atomic mass is 79.9. The average Bonchev–Trinajstić information content (AvgIpc) is 2.57. The van der Waals surface area contributed by atoms with Gasteiger partial charge in [0.25, 0.3) is 0 Å². The number of carbonyl (C=O) groups is 1. The topological polar surface area (TPSA) is 41.1 Å². The molecule has 4 heteroatoms. The Bertz CT molecular complexity index is 869. The Morgan fingerprint density at radius 3 is 2.52 bits per heavy atom. The van der Waals surface area contributed by atoms with E-state index in [0.717, 1.165) is 26.5 Å². The van der Waals surface area contributed by atoms with Crippen LogP contribution in [0, 0.1) is 0 Å². The van der Waals surface area contributed by atoms with Gasteiger partial charge in [-0.25, -0.2) is 4.79 Å². The Kier molecular flexibility index (Phi) is 4.74. The molecule has 0 fully saturated rings. The molecule has 0 saturated heterocycles.